The number of aromatic amines is 1. The van der Waals surface area contributed by atoms with Gasteiger partial charge >= 0.3 is 0 Å². The Balaban J connectivity index is 2.53. The fraction of sp³-hybridized carbons (Fsp3) is 0. The first-order chi connectivity index (χ1) is 5.38. The lowest BCUT2D eigenvalue weighted by molar-refractivity contribution is 1.36. The minimum absolute atomic E-state index is 0.484. The highest BCUT2D eigenvalue weighted by molar-refractivity contribution is 6.99. The molecule has 0 radical (unpaired) electrons. The summed E-state index contributed by atoms with van der Waals surface area (Å²) in [6, 6.07) is 3.81. The van der Waals surface area contributed by atoms with Crippen molar-refractivity contribution in [2.24, 2.45) is 0 Å². The van der Waals surface area contributed by atoms with Gasteiger partial charge in [0.25, 0.3) is 0 Å². The second-order valence-electron chi connectivity index (χ2n) is 2.08. The minimum Gasteiger partial charge on any atom is -0.381 e. The standard InChI is InChI=1S/C6H6N4S/c7-6-5(9-11-10-6)4-2-1-3-8-4/h1-3,8H,(H2,7,10). The van der Waals surface area contributed by atoms with Gasteiger partial charge in [0, 0.05) is 6.20 Å². The van der Waals surface area contributed by atoms with Crippen molar-refractivity contribution in [3.05, 3.63) is 18.3 Å². The molecule has 0 aromatic carbocycles. The molecule has 0 saturated heterocycles. The van der Waals surface area contributed by atoms with Crippen LogP contribution in [0, 0.1) is 0 Å². The average molecular weight is 166 g/mol. The van der Waals surface area contributed by atoms with Gasteiger partial charge in [0.1, 0.15) is 5.69 Å². The zero-order chi connectivity index (χ0) is 7.68. The van der Waals surface area contributed by atoms with Gasteiger partial charge in [0.05, 0.1) is 17.4 Å². The van der Waals surface area contributed by atoms with Crippen molar-refractivity contribution >= 4 is 17.5 Å². The van der Waals surface area contributed by atoms with Crippen LogP contribution >= 0.6 is 11.7 Å². The molecule has 56 valence electrons. The van der Waals surface area contributed by atoms with E-state index >= 15 is 0 Å². The van der Waals surface area contributed by atoms with Crippen LogP contribution in [0.25, 0.3) is 11.4 Å². The molecule has 2 heterocycles. The number of nitrogens with one attached hydrogen (secondary N) is 1. The molecule has 3 N–H and O–H groups in total. The van der Waals surface area contributed by atoms with E-state index in [1.165, 1.54) is 0 Å². The van der Waals surface area contributed by atoms with Gasteiger partial charge < -0.3 is 10.7 Å². The van der Waals surface area contributed by atoms with E-state index in [1.54, 1.807) is 0 Å². The zero-order valence-electron chi connectivity index (χ0n) is 5.61. The number of hydrogen-bond donors (Lipinski definition) is 2. The van der Waals surface area contributed by atoms with E-state index in [4.69, 9.17) is 5.73 Å². The molecule has 0 aliphatic rings. The van der Waals surface area contributed by atoms with Gasteiger partial charge in [0.2, 0.25) is 0 Å². The first kappa shape index (κ1) is 6.36. The summed E-state index contributed by atoms with van der Waals surface area (Å²) in [5.74, 6) is 0.484. The van der Waals surface area contributed by atoms with Crippen molar-refractivity contribution in [3.63, 3.8) is 0 Å². The summed E-state index contributed by atoms with van der Waals surface area (Å²) in [6.07, 6.45) is 1.83. The molecule has 0 fully saturated rings. The van der Waals surface area contributed by atoms with Gasteiger partial charge in [-0.2, -0.15) is 8.75 Å². The molecule has 0 bridgehead atoms. The van der Waals surface area contributed by atoms with Crippen LogP contribution in [0.5, 0.6) is 0 Å². The smallest absolute Gasteiger partial charge is 0.167 e. The molecule has 2 aromatic rings. The van der Waals surface area contributed by atoms with E-state index in [0.717, 1.165) is 23.1 Å². The Kier molecular flexibility index (Phi) is 1.36. The van der Waals surface area contributed by atoms with E-state index in [1.807, 2.05) is 18.3 Å². The van der Waals surface area contributed by atoms with Crippen molar-refractivity contribution < 1.29 is 0 Å². The highest BCUT2D eigenvalue weighted by Gasteiger charge is 2.06. The molecule has 4 nitrogen and oxygen atoms in total. The minimum atomic E-state index is 0.484. The Bertz CT molecular complexity index is 337. The third-order valence-electron chi connectivity index (χ3n) is 1.37. The SMILES string of the molecule is Nc1nsnc1-c1ccc[nH]1. The molecule has 0 aliphatic heterocycles. The van der Waals surface area contributed by atoms with Gasteiger partial charge in [-0.25, -0.2) is 0 Å². The second kappa shape index (κ2) is 2.35. The maximum absolute atomic E-state index is 5.55. The fourth-order valence-corrected chi connectivity index (χ4v) is 1.35. The van der Waals surface area contributed by atoms with Crippen LogP contribution in [0.15, 0.2) is 18.3 Å². The Morgan fingerprint density at radius 3 is 2.91 bits per heavy atom. The number of aromatic nitrogens is 3. The molecule has 0 spiro atoms. The summed E-state index contributed by atoms with van der Waals surface area (Å²) >= 11 is 1.12. The highest BCUT2D eigenvalue weighted by Crippen LogP contribution is 2.20. The van der Waals surface area contributed by atoms with Crippen molar-refractivity contribution in [3.8, 4) is 11.4 Å². The van der Waals surface area contributed by atoms with E-state index in [0.29, 0.717) is 5.82 Å². The van der Waals surface area contributed by atoms with Gasteiger partial charge in [-0.1, -0.05) is 0 Å². The number of nitrogens with two attached hydrogens (primary N) is 1. The molecular weight excluding hydrogens is 160 g/mol. The number of rotatable bonds is 1. The molecule has 5 heteroatoms. The predicted octanol–water partition coefficient (Wildman–Crippen LogP) is 1.12. The van der Waals surface area contributed by atoms with Crippen LogP contribution < -0.4 is 5.73 Å². The Hall–Kier alpha value is -1.36. The molecule has 2 aromatic heterocycles. The fourth-order valence-electron chi connectivity index (χ4n) is 0.860. The summed E-state index contributed by atoms with van der Waals surface area (Å²) in [5, 5.41) is 0. The topological polar surface area (TPSA) is 67.6 Å². The molecule has 0 aliphatic carbocycles. The van der Waals surface area contributed by atoms with Crippen LogP contribution in [0.3, 0.4) is 0 Å². The lowest BCUT2D eigenvalue weighted by atomic mass is 10.3. The van der Waals surface area contributed by atoms with Crippen LogP contribution in [0.4, 0.5) is 5.82 Å². The van der Waals surface area contributed by atoms with Gasteiger partial charge in [-0.05, 0) is 12.1 Å². The maximum Gasteiger partial charge on any atom is 0.167 e. The van der Waals surface area contributed by atoms with Crippen LogP contribution in [0.1, 0.15) is 0 Å². The summed E-state index contributed by atoms with van der Waals surface area (Å²) < 4.78 is 7.89. The van der Waals surface area contributed by atoms with Crippen LogP contribution in [-0.4, -0.2) is 13.7 Å². The van der Waals surface area contributed by atoms with Crippen molar-refractivity contribution in [1.29, 1.82) is 0 Å². The summed E-state index contributed by atoms with van der Waals surface area (Å²) in [5.41, 5.74) is 7.20. The van der Waals surface area contributed by atoms with Gasteiger partial charge in [0.15, 0.2) is 5.82 Å². The molecule has 2 rings (SSSR count). The molecule has 11 heavy (non-hydrogen) atoms. The van der Waals surface area contributed by atoms with Crippen LogP contribution in [0.2, 0.25) is 0 Å². The van der Waals surface area contributed by atoms with Crippen molar-refractivity contribution in [2.45, 2.75) is 0 Å². The second-order valence-corrected chi connectivity index (χ2v) is 2.61. The summed E-state index contributed by atoms with van der Waals surface area (Å²) in [6.45, 7) is 0. The Morgan fingerprint density at radius 2 is 2.36 bits per heavy atom. The van der Waals surface area contributed by atoms with E-state index < -0.39 is 0 Å². The maximum atomic E-state index is 5.55. The zero-order valence-corrected chi connectivity index (χ0v) is 6.43. The highest BCUT2D eigenvalue weighted by atomic mass is 32.1. The first-order valence-electron chi connectivity index (χ1n) is 3.10. The average Bonchev–Trinajstić information content (AvgIpc) is 2.55. The van der Waals surface area contributed by atoms with Crippen molar-refractivity contribution in [2.75, 3.05) is 5.73 Å². The normalized spacial score (nSPS) is 10.2. The third-order valence-corrected chi connectivity index (χ3v) is 1.91. The van der Waals surface area contributed by atoms with Crippen LogP contribution in [-0.2, 0) is 0 Å². The number of nitrogen functional groups attached to an aromatic ring is 1. The van der Waals surface area contributed by atoms with Gasteiger partial charge in [-0.3, -0.25) is 0 Å². The molecule has 0 saturated carbocycles. The Labute approximate surface area is 67.4 Å². The lowest BCUT2D eigenvalue weighted by Gasteiger charge is -1.89. The number of nitrogens with zero attached hydrogens (tertiary/aromatic N) is 2. The van der Waals surface area contributed by atoms with Crippen molar-refractivity contribution in [1.82, 2.24) is 13.7 Å². The number of hydrogen-bond acceptors (Lipinski definition) is 4. The van der Waals surface area contributed by atoms with E-state index in [2.05, 4.69) is 13.7 Å². The lowest BCUT2D eigenvalue weighted by Crippen LogP contribution is -1.87. The molecule has 0 atom stereocenters. The number of anilines is 1. The predicted molar refractivity (Wildman–Crippen MR) is 44.1 cm³/mol. The summed E-state index contributed by atoms with van der Waals surface area (Å²) in [4.78, 5) is 3.00. The molecule has 0 unspecified atom stereocenters. The monoisotopic (exact) mass is 166 g/mol. The molecular formula is C6H6N4S. The largest absolute Gasteiger partial charge is 0.381 e. The Morgan fingerprint density at radius 1 is 1.45 bits per heavy atom. The number of H-pyrrole nitrogens is 1. The molecule has 0 amide bonds. The first-order valence-corrected chi connectivity index (χ1v) is 3.83. The van der Waals surface area contributed by atoms with E-state index in [-0.39, 0.29) is 0 Å². The van der Waals surface area contributed by atoms with Gasteiger partial charge in [-0.15, -0.1) is 0 Å². The third kappa shape index (κ3) is 0.988. The summed E-state index contributed by atoms with van der Waals surface area (Å²) in [7, 11) is 0. The quantitative estimate of drug-likeness (QED) is 0.667. The van der Waals surface area contributed by atoms with E-state index in [9.17, 15) is 0 Å².